The average molecular weight is 254 g/mol. The van der Waals surface area contributed by atoms with Crippen LogP contribution >= 0.6 is 0 Å². The molecule has 92 valence electrons. The summed E-state index contributed by atoms with van der Waals surface area (Å²) in [6.07, 6.45) is 0. The smallest absolute Gasteiger partial charge is 0.277 e. The van der Waals surface area contributed by atoms with Gasteiger partial charge in [0.15, 0.2) is 0 Å². The van der Waals surface area contributed by atoms with Crippen molar-refractivity contribution in [1.29, 1.82) is 0 Å². The van der Waals surface area contributed by atoms with Crippen molar-refractivity contribution in [1.82, 2.24) is 19.4 Å². The van der Waals surface area contributed by atoms with Crippen molar-refractivity contribution >= 4 is 21.2 Å². The third-order valence-corrected chi connectivity index (χ3v) is 3.62. The van der Waals surface area contributed by atoms with E-state index in [1.54, 1.807) is 6.92 Å². The minimum absolute atomic E-state index is 0.417. The lowest BCUT2D eigenvalue weighted by Gasteiger charge is -2.10. The van der Waals surface area contributed by atoms with Crippen LogP contribution in [0.3, 0.4) is 0 Å². The number of hydrogen-bond donors (Lipinski definition) is 3. The van der Waals surface area contributed by atoms with Crippen molar-refractivity contribution in [3.8, 4) is 0 Å². The second kappa shape index (κ2) is 4.44. The van der Waals surface area contributed by atoms with Crippen LogP contribution in [0.5, 0.6) is 0 Å². The lowest BCUT2D eigenvalue weighted by atomic mass is 10.3. The molecule has 1 atom stereocenters. The molecule has 1 aromatic carbocycles. The Morgan fingerprint density at radius 3 is 2.71 bits per heavy atom. The number of aromatic amines is 1. The van der Waals surface area contributed by atoms with Crippen LogP contribution in [-0.2, 0) is 10.2 Å². The van der Waals surface area contributed by atoms with Crippen molar-refractivity contribution in [2.75, 3.05) is 7.05 Å². The van der Waals surface area contributed by atoms with Crippen LogP contribution in [0, 0.1) is 0 Å². The van der Waals surface area contributed by atoms with E-state index in [0.29, 0.717) is 5.82 Å². The second-order valence-corrected chi connectivity index (χ2v) is 5.34. The topological polar surface area (TPSA) is 86.9 Å². The first kappa shape index (κ1) is 12.0. The molecule has 3 N–H and O–H groups in total. The fraction of sp³-hybridized carbons (Fsp3) is 0.300. The average Bonchev–Trinajstić information content (AvgIpc) is 2.72. The largest absolute Gasteiger partial charge is 0.341 e. The van der Waals surface area contributed by atoms with Gasteiger partial charge in [0, 0.05) is 7.05 Å². The van der Waals surface area contributed by atoms with Gasteiger partial charge in [-0.1, -0.05) is 12.1 Å². The first-order chi connectivity index (χ1) is 8.02. The van der Waals surface area contributed by atoms with E-state index in [1.165, 1.54) is 7.05 Å². The van der Waals surface area contributed by atoms with Gasteiger partial charge < -0.3 is 4.98 Å². The molecule has 0 aliphatic rings. The van der Waals surface area contributed by atoms with E-state index < -0.39 is 16.3 Å². The molecule has 17 heavy (non-hydrogen) atoms. The zero-order valence-corrected chi connectivity index (χ0v) is 10.4. The summed E-state index contributed by atoms with van der Waals surface area (Å²) >= 11 is 0. The summed E-state index contributed by atoms with van der Waals surface area (Å²) in [5.41, 5.74) is 1.70. The molecule has 0 amide bonds. The summed E-state index contributed by atoms with van der Waals surface area (Å²) < 4.78 is 27.3. The van der Waals surface area contributed by atoms with E-state index in [9.17, 15) is 8.42 Å². The number of fused-ring (bicyclic) bond motifs is 1. The van der Waals surface area contributed by atoms with Crippen molar-refractivity contribution < 1.29 is 8.42 Å². The third-order valence-electron chi connectivity index (χ3n) is 2.42. The van der Waals surface area contributed by atoms with Crippen molar-refractivity contribution in [2.24, 2.45) is 0 Å². The van der Waals surface area contributed by atoms with Gasteiger partial charge in [0.1, 0.15) is 5.82 Å². The van der Waals surface area contributed by atoms with Crippen LogP contribution in [0.15, 0.2) is 24.3 Å². The lowest BCUT2D eigenvalue weighted by molar-refractivity contribution is 0.553. The first-order valence-electron chi connectivity index (χ1n) is 5.17. The molecule has 2 aromatic rings. The fourth-order valence-electron chi connectivity index (χ4n) is 1.53. The quantitative estimate of drug-likeness (QED) is 0.749. The summed E-state index contributed by atoms with van der Waals surface area (Å²) in [7, 11) is -2.11. The summed E-state index contributed by atoms with van der Waals surface area (Å²) in [6, 6.07) is 7.13. The highest BCUT2D eigenvalue weighted by atomic mass is 32.2. The number of benzene rings is 1. The van der Waals surface area contributed by atoms with E-state index in [4.69, 9.17) is 0 Å². The van der Waals surface area contributed by atoms with Gasteiger partial charge in [-0.05, 0) is 19.1 Å². The SMILES string of the molecule is CNS(=O)(=O)NC(C)c1nc2ccccc2[nH]1. The van der Waals surface area contributed by atoms with Crippen molar-refractivity contribution in [3.63, 3.8) is 0 Å². The summed E-state index contributed by atoms with van der Waals surface area (Å²) in [5, 5.41) is 0. The number of imidazole rings is 1. The molecule has 0 aliphatic heterocycles. The molecule has 1 heterocycles. The summed E-state index contributed by atoms with van der Waals surface area (Å²) in [6.45, 7) is 1.73. The van der Waals surface area contributed by atoms with Gasteiger partial charge in [-0.25, -0.2) is 9.71 Å². The number of nitrogens with zero attached hydrogens (tertiary/aromatic N) is 1. The van der Waals surface area contributed by atoms with Crippen molar-refractivity contribution in [2.45, 2.75) is 13.0 Å². The minimum atomic E-state index is -3.46. The van der Waals surface area contributed by atoms with Crippen LogP contribution in [0.1, 0.15) is 18.8 Å². The van der Waals surface area contributed by atoms with Gasteiger partial charge in [-0.3, -0.25) is 0 Å². The summed E-state index contributed by atoms with van der Waals surface area (Å²) in [4.78, 5) is 7.40. The Hall–Kier alpha value is -1.44. The maximum Gasteiger partial charge on any atom is 0.277 e. The van der Waals surface area contributed by atoms with Crippen LogP contribution in [0.2, 0.25) is 0 Å². The van der Waals surface area contributed by atoms with Gasteiger partial charge >= 0.3 is 0 Å². The highest BCUT2D eigenvalue weighted by molar-refractivity contribution is 7.87. The lowest BCUT2D eigenvalue weighted by Crippen LogP contribution is -2.36. The molecule has 2 rings (SSSR count). The molecular formula is C10H14N4O2S. The Morgan fingerprint density at radius 2 is 2.06 bits per heavy atom. The Morgan fingerprint density at radius 1 is 1.35 bits per heavy atom. The maximum absolute atomic E-state index is 11.3. The number of aromatic nitrogens is 2. The van der Waals surface area contributed by atoms with E-state index in [1.807, 2.05) is 24.3 Å². The molecule has 0 radical (unpaired) electrons. The monoisotopic (exact) mass is 254 g/mol. The second-order valence-electron chi connectivity index (χ2n) is 3.69. The molecule has 0 saturated heterocycles. The van der Waals surface area contributed by atoms with Crippen LogP contribution < -0.4 is 9.44 Å². The predicted molar refractivity (Wildman–Crippen MR) is 65.6 cm³/mol. The molecule has 6 nitrogen and oxygen atoms in total. The third kappa shape index (κ3) is 2.63. The Labute approximate surface area is 99.6 Å². The Kier molecular flexibility index (Phi) is 3.14. The predicted octanol–water partition coefficient (Wildman–Crippen LogP) is 0.678. The number of para-hydroxylation sites is 2. The van der Waals surface area contributed by atoms with E-state index in [0.717, 1.165) is 11.0 Å². The molecule has 0 fully saturated rings. The van der Waals surface area contributed by atoms with Gasteiger partial charge in [-0.15, -0.1) is 0 Å². The molecule has 1 aromatic heterocycles. The van der Waals surface area contributed by atoms with Gasteiger partial charge in [0.2, 0.25) is 0 Å². The standard InChI is InChI=1S/C10H14N4O2S/c1-7(14-17(15,16)11-2)10-12-8-5-3-4-6-9(8)13-10/h3-7,11,14H,1-2H3,(H,12,13). The minimum Gasteiger partial charge on any atom is -0.341 e. The zero-order valence-electron chi connectivity index (χ0n) is 9.56. The fourth-order valence-corrected chi connectivity index (χ4v) is 2.22. The van der Waals surface area contributed by atoms with E-state index >= 15 is 0 Å². The zero-order chi connectivity index (χ0) is 12.5. The molecule has 0 spiro atoms. The van der Waals surface area contributed by atoms with E-state index in [2.05, 4.69) is 19.4 Å². The number of rotatable bonds is 4. The van der Waals surface area contributed by atoms with Gasteiger partial charge in [0.25, 0.3) is 10.2 Å². The molecule has 7 heteroatoms. The van der Waals surface area contributed by atoms with E-state index in [-0.39, 0.29) is 0 Å². The highest BCUT2D eigenvalue weighted by Crippen LogP contribution is 2.15. The number of hydrogen-bond acceptors (Lipinski definition) is 3. The molecule has 0 saturated carbocycles. The summed E-state index contributed by atoms with van der Waals surface area (Å²) in [5.74, 6) is 0.588. The molecule has 0 bridgehead atoms. The number of H-pyrrole nitrogens is 1. The Balaban J connectivity index is 2.28. The number of nitrogens with one attached hydrogen (secondary N) is 3. The van der Waals surface area contributed by atoms with Crippen LogP contribution in [-0.4, -0.2) is 25.4 Å². The highest BCUT2D eigenvalue weighted by Gasteiger charge is 2.16. The van der Waals surface area contributed by atoms with Gasteiger partial charge in [0.05, 0.1) is 17.1 Å². The van der Waals surface area contributed by atoms with Crippen LogP contribution in [0.4, 0.5) is 0 Å². The molecule has 0 aliphatic carbocycles. The molecule has 1 unspecified atom stereocenters. The Bertz CT molecular complexity index is 587. The van der Waals surface area contributed by atoms with Crippen molar-refractivity contribution in [3.05, 3.63) is 30.1 Å². The maximum atomic E-state index is 11.3. The normalized spacial score (nSPS) is 14.0. The van der Waals surface area contributed by atoms with Gasteiger partial charge in [-0.2, -0.15) is 13.1 Å². The molecular weight excluding hydrogens is 240 g/mol. The van der Waals surface area contributed by atoms with Crippen LogP contribution in [0.25, 0.3) is 11.0 Å². The first-order valence-corrected chi connectivity index (χ1v) is 6.65.